The van der Waals surface area contributed by atoms with Gasteiger partial charge in [-0.3, -0.25) is 0 Å². The molecule has 1 aliphatic rings. The zero-order valence-corrected chi connectivity index (χ0v) is 11.7. The number of benzene rings is 2. The molecule has 1 amide bonds. The molecule has 0 spiro atoms. The molecule has 2 aromatic carbocycles. The van der Waals surface area contributed by atoms with Crippen LogP contribution in [-0.4, -0.2) is 18.9 Å². The number of aryl methyl sites for hydroxylation is 1. The maximum absolute atomic E-state index is 14.3. The second kappa shape index (κ2) is 5.55. The smallest absolute Gasteiger partial charge is 0.435 e. The molecule has 112 valence electrons. The van der Waals surface area contributed by atoms with Crippen LogP contribution in [0.2, 0.25) is 0 Å². The summed E-state index contributed by atoms with van der Waals surface area (Å²) < 4.78 is 33.3. The van der Waals surface area contributed by atoms with Crippen molar-refractivity contribution in [3.8, 4) is 11.1 Å². The molecular weight excluding hydrogens is 290 g/mol. The minimum Gasteiger partial charge on any atom is -0.442 e. The van der Waals surface area contributed by atoms with Crippen LogP contribution in [0.1, 0.15) is 5.56 Å². The normalized spacial score (nSPS) is 14.1. The van der Waals surface area contributed by atoms with Gasteiger partial charge in [0.2, 0.25) is 0 Å². The van der Waals surface area contributed by atoms with Gasteiger partial charge in [-0.1, -0.05) is 29.8 Å². The van der Waals surface area contributed by atoms with Crippen LogP contribution in [0, 0.1) is 18.6 Å². The van der Waals surface area contributed by atoms with Gasteiger partial charge in [0.15, 0.2) is 11.6 Å². The number of cyclic esters (lactones) is 1. The van der Waals surface area contributed by atoms with Crippen molar-refractivity contribution in [3.63, 3.8) is 0 Å². The Kier molecular flexibility index (Phi) is 3.58. The summed E-state index contributed by atoms with van der Waals surface area (Å²) in [6.45, 7) is 1.92. The Labute approximate surface area is 125 Å². The number of anilines is 1. The van der Waals surface area contributed by atoms with Gasteiger partial charge in [-0.15, -0.1) is 0 Å². The largest absolute Gasteiger partial charge is 0.442 e. The van der Waals surface area contributed by atoms with Gasteiger partial charge in [0, 0.05) is 5.56 Å². The molecule has 0 radical (unpaired) electrons. The molecule has 0 aliphatic carbocycles. The summed E-state index contributed by atoms with van der Waals surface area (Å²) in [5.74, 6) is -2.18. The summed E-state index contributed by atoms with van der Waals surface area (Å²) in [5, 5.41) is 4.42. The number of hydrogen-bond acceptors (Lipinski definition) is 3. The van der Waals surface area contributed by atoms with Crippen LogP contribution >= 0.6 is 0 Å². The van der Waals surface area contributed by atoms with Crippen LogP contribution < -0.4 is 5.01 Å². The van der Waals surface area contributed by atoms with Crippen molar-refractivity contribution < 1.29 is 18.3 Å². The summed E-state index contributed by atoms with van der Waals surface area (Å²) in [4.78, 5) is 11.6. The lowest BCUT2D eigenvalue weighted by atomic mass is 10.0. The number of nitrogens with zero attached hydrogens (tertiary/aromatic N) is 2. The number of halogens is 2. The quantitative estimate of drug-likeness (QED) is 0.844. The fraction of sp³-hybridized carbons (Fsp3) is 0.125. The van der Waals surface area contributed by atoms with E-state index in [-0.39, 0.29) is 17.9 Å². The van der Waals surface area contributed by atoms with E-state index in [2.05, 4.69) is 5.10 Å². The van der Waals surface area contributed by atoms with Crippen molar-refractivity contribution in [2.75, 3.05) is 11.6 Å². The molecule has 0 unspecified atom stereocenters. The molecule has 0 atom stereocenters. The molecule has 0 aromatic heterocycles. The van der Waals surface area contributed by atoms with Crippen molar-refractivity contribution in [2.45, 2.75) is 6.92 Å². The van der Waals surface area contributed by atoms with Crippen LogP contribution in [0.5, 0.6) is 0 Å². The van der Waals surface area contributed by atoms with Gasteiger partial charge < -0.3 is 4.74 Å². The third-order valence-electron chi connectivity index (χ3n) is 3.30. The molecule has 0 saturated heterocycles. The molecule has 0 bridgehead atoms. The number of rotatable bonds is 2. The maximum Gasteiger partial charge on any atom is 0.435 e. The van der Waals surface area contributed by atoms with Gasteiger partial charge in [0.1, 0.15) is 12.3 Å². The van der Waals surface area contributed by atoms with E-state index in [1.54, 1.807) is 12.1 Å². The third-order valence-corrected chi connectivity index (χ3v) is 3.30. The molecule has 3 rings (SSSR count). The molecule has 6 heteroatoms. The molecule has 1 aliphatic heterocycles. The van der Waals surface area contributed by atoms with Crippen molar-refractivity contribution in [1.29, 1.82) is 0 Å². The average Bonchev–Trinajstić information content (AvgIpc) is 2.52. The van der Waals surface area contributed by atoms with E-state index in [1.807, 2.05) is 19.1 Å². The Balaban J connectivity index is 2.05. The van der Waals surface area contributed by atoms with Gasteiger partial charge in [-0.05, 0) is 24.6 Å². The highest BCUT2D eigenvalue weighted by atomic mass is 19.2. The lowest BCUT2D eigenvalue weighted by Gasteiger charge is -2.20. The topological polar surface area (TPSA) is 41.9 Å². The predicted octanol–water partition coefficient (Wildman–Crippen LogP) is 3.88. The first kappa shape index (κ1) is 14.2. The third kappa shape index (κ3) is 2.43. The fourth-order valence-electron chi connectivity index (χ4n) is 2.15. The van der Waals surface area contributed by atoms with E-state index < -0.39 is 17.7 Å². The monoisotopic (exact) mass is 302 g/mol. The standard InChI is InChI=1S/C16H12F2N2O2/c1-10-2-4-11(5-3-10)12-6-7-13(15(18)14(12)17)20-16(21)22-9-8-19-20/h2-8H,9H2,1H3. The van der Waals surface area contributed by atoms with Gasteiger partial charge in [0.25, 0.3) is 0 Å². The number of ether oxygens (including phenoxy) is 1. The van der Waals surface area contributed by atoms with Gasteiger partial charge in [-0.2, -0.15) is 10.1 Å². The molecular formula is C16H12F2N2O2. The van der Waals surface area contributed by atoms with Crippen LogP contribution in [0.25, 0.3) is 11.1 Å². The number of amides is 1. The zero-order chi connectivity index (χ0) is 15.7. The highest BCUT2D eigenvalue weighted by Crippen LogP contribution is 2.31. The molecule has 0 saturated carbocycles. The van der Waals surface area contributed by atoms with Crippen LogP contribution in [0.3, 0.4) is 0 Å². The first-order valence-corrected chi connectivity index (χ1v) is 6.62. The van der Waals surface area contributed by atoms with Crippen molar-refractivity contribution in [3.05, 3.63) is 53.6 Å². The van der Waals surface area contributed by atoms with Crippen molar-refractivity contribution >= 4 is 18.0 Å². The Morgan fingerprint density at radius 2 is 1.82 bits per heavy atom. The molecule has 2 aromatic rings. The summed E-state index contributed by atoms with van der Waals surface area (Å²) in [6, 6.07) is 9.76. The van der Waals surface area contributed by atoms with Crippen LogP contribution in [-0.2, 0) is 4.74 Å². The molecule has 0 N–H and O–H groups in total. The molecule has 1 heterocycles. The van der Waals surface area contributed by atoms with Gasteiger partial charge >= 0.3 is 6.09 Å². The zero-order valence-electron chi connectivity index (χ0n) is 11.7. The number of hydrogen-bond donors (Lipinski definition) is 0. The molecule has 4 nitrogen and oxygen atoms in total. The summed E-state index contributed by atoms with van der Waals surface area (Å²) in [7, 11) is 0. The fourth-order valence-corrected chi connectivity index (χ4v) is 2.15. The van der Waals surface area contributed by atoms with E-state index in [1.165, 1.54) is 18.3 Å². The summed E-state index contributed by atoms with van der Waals surface area (Å²) >= 11 is 0. The molecule has 0 fully saturated rings. The maximum atomic E-state index is 14.3. The lowest BCUT2D eigenvalue weighted by molar-refractivity contribution is 0.166. The summed E-state index contributed by atoms with van der Waals surface area (Å²) in [6.07, 6.45) is 0.455. The molecule has 22 heavy (non-hydrogen) atoms. The van der Waals surface area contributed by atoms with Crippen molar-refractivity contribution in [1.82, 2.24) is 0 Å². The minimum absolute atomic E-state index is 0.0148. The predicted molar refractivity (Wildman–Crippen MR) is 78.9 cm³/mol. The number of carbonyl (C=O) groups excluding carboxylic acids is 1. The summed E-state index contributed by atoms with van der Waals surface area (Å²) in [5.41, 5.74) is 1.41. The van der Waals surface area contributed by atoms with E-state index in [0.717, 1.165) is 5.56 Å². The highest BCUT2D eigenvalue weighted by Gasteiger charge is 2.25. The number of carbonyl (C=O) groups is 1. The van der Waals surface area contributed by atoms with E-state index >= 15 is 0 Å². The number of hydrazone groups is 1. The van der Waals surface area contributed by atoms with Gasteiger partial charge in [0.05, 0.1) is 6.21 Å². The van der Waals surface area contributed by atoms with E-state index in [4.69, 9.17) is 4.74 Å². The Hall–Kier alpha value is -2.76. The second-order valence-electron chi connectivity index (χ2n) is 4.81. The Bertz CT molecular complexity index is 757. The SMILES string of the molecule is Cc1ccc(-c2ccc(N3N=CCOC3=O)c(F)c2F)cc1. The Morgan fingerprint density at radius 1 is 1.09 bits per heavy atom. The highest BCUT2D eigenvalue weighted by molar-refractivity contribution is 5.91. The van der Waals surface area contributed by atoms with E-state index in [0.29, 0.717) is 10.6 Å². The average molecular weight is 302 g/mol. The van der Waals surface area contributed by atoms with Crippen molar-refractivity contribution in [2.24, 2.45) is 5.10 Å². The second-order valence-corrected chi connectivity index (χ2v) is 4.81. The van der Waals surface area contributed by atoms with Crippen LogP contribution in [0.4, 0.5) is 19.3 Å². The first-order chi connectivity index (χ1) is 10.6. The lowest BCUT2D eigenvalue weighted by Crippen LogP contribution is -2.32. The van der Waals surface area contributed by atoms with E-state index in [9.17, 15) is 13.6 Å². The Morgan fingerprint density at radius 3 is 2.50 bits per heavy atom. The van der Waals surface area contributed by atoms with Gasteiger partial charge in [-0.25, -0.2) is 13.6 Å². The minimum atomic E-state index is -1.14. The first-order valence-electron chi connectivity index (χ1n) is 6.62. The van der Waals surface area contributed by atoms with Crippen LogP contribution in [0.15, 0.2) is 41.5 Å².